The van der Waals surface area contributed by atoms with Crippen LogP contribution < -0.4 is 15.4 Å². The van der Waals surface area contributed by atoms with Gasteiger partial charge in [0.1, 0.15) is 28.9 Å². The number of hydrogen-bond acceptors (Lipinski definition) is 7. The summed E-state index contributed by atoms with van der Waals surface area (Å²) in [5, 5.41) is 11.5. The highest BCUT2D eigenvalue weighted by molar-refractivity contribution is 6.12. The SMILES string of the molecule is C=CC(=O)N1CCN2c3c(c(=O)n(-c4c(C)ccnc4C(C)C)c4nc(-c5c(O)cccc5F)c(C5CC5)cc34)N(C)C(=O)[C@H]2C1. The van der Waals surface area contributed by atoms with Crippen molar-refractivity contribution in [2.75, 3.05) is 36.5 Å². The zero-order valence-corrected chi connectivity index (χ0v) is 26.2. The first-order valence-corrected chi connectivity index (χ1v) is 15.6. The van der Waals surface area contributed by atoms with Gasteiger partial charge in [-0.05, 0) is 73.1 Å². The van der Waals surface area contributed by atoms with Gasteiger partial charge in [0.25, 0.3) is 11.5 Å². The minimum absolute atomic E-state index is 0.0169. The van der Waals surface area contributed by atoms with Gasteiger partial charge in [-0.1, -0.05) is 26.5 Å². The van der Waals surface area contributed by atoms with Crippen LogP contribution in [0.5, 0.6) is 5.75 Å². The van der Waals surface area contributed by atoms with E-state index in [1.165, 1.54) is 33.7 Å². The minimum atomic E-state index is -0.723. The van der Waals surface area contributed by atoms with Crippen molar-refractivity contribution in [1.29, 1.82) is 0 Å². The molecule has 3 aliphatic rings. The number of carbonyl (C=O) groups excluding carboxylic acids is 2. The largest absolute Gasteiger partial charge is 0.507 e. The van der Waals surface area contributed by atoms with Gasteiger partial charge in [0.2, 0.25) is 5.91 Å². The molecule has 1 atom stereocenters. The third-order valence-corrected chi connectivity index (χ3v) is 9.40. The molecular weight excluding hydrogens is 587 g/mol. The molecule has 0 spiro atoms. The van der Waals surface area contributed by atoms with E-state index < -0.39 is 17.4 Å². The number of rotatable bonds is 5. The molecule has 3 aromatic heterocycles. The maximum Gasteiger partial charge on any atom is 0.283 e. The molecule has 236 valence electrons. The Kier molecular flexibility index (Phi) is 6.95. The van der Waals surface area contributed by atoms with E-state index in [0.717, 1.165) is 24.0 Å². The molecule has 1 N–H and O–H groups in total. The summed E-state index contributed by atoms with van der Waals surface area (Å²) in [5.41, 5.74) is 3.61. The standard InChI is InChI=1S/C35H35FN6O4/c1-6-26(44)40-14-15-41-24(17-40)34(45)39(5)32-31(41)22-16-21(20-10-11-20)29(27-23(36)8-7-9-25(27)43)38-33(22)42(35(32)46)30-19(4)12-13-37-28(30)18(2)3/h6-9,12-13,16,18,20,24,43H,1,10-11,14-15,17H2,2-5H3/t24-/m1/s1. The first-order valence-electron chi connectivity index (χ1n) is 15.6. The molecule has 1 aliphatic carbocycles. The van der Waals surface area contributed by atoms with E-state index in [-0.39, 0.29) is 58.5 Å². The lowest BCUT2D eigenvalue weighted by Crippen LogP contribution is -2.63. The Morgan fingerprint density at radius 2 is 1.89 bits per heavy atom. The lowest BCUT2D eigenvalue weighted by Gasteiger charge is -2.47. The molecule has 0 unspecified atom stereocenters. The number of amides is 2. The Morgan fingerprint density at radius 3 is 2.57 bits per heavy atom. The number of likely N-dealkylation sites (N-methyl/N-ethyl adjacent to an activating group) is 1. The first kappa shape index (κ1) is 29.6. The number of fused-ring (bicyclic) bond motifs is 5. The lowest BCUT2D eigenvalue weighted by atomic mass is 9.96. The molecule has 4 aromatic rings. The molecular formula is C35H35FN6O4. The number of phenolic OH excluding ortho intramolecular Hbond substituents is 1. The van der Waals surface area contributed by atoms with Crippen molar-refractivity contribution in [3.8, 4) is 22.7 Å². The van der Waals surface area contributed by atoms with Crippen LogP contribution >= 0.6 is 0 Å². The van der Waals surface area contributed by atoms with Gasteiger partial charge in [0, 0.05) is 31.7 Å². The van der Waals surface area contributed by atoms with Crippen molar-refractivity contribution in [2.24, 2.45) is 0 Å². The number of halogens is 1. The normalized spacial score (nSPS) is 17.8. The molecule has 10 nitrogen and oxygen atoms in total. The predicted octanol–water partition coefficient (Wildman–Crippen LogP) is 4.78. The van der Waals surface area contributed by atoms with E-state index in [4.69, 9.17) is 4.98 Å². The zero-order chi connectivity index (χ0) is 32.6. The summed E-state index contributed by atoms with van der Waals surface area (Å²) in [6.07, 6.45) is 4.69. The number of piperazine rings is 1. The van der Waals surface area contributed by atoms with Crippen molar-refractivity contribution < 1.29 is 19.1 Å². The Bertz CT molecular complexity index is 2010. The average Bonchev–Trinajstić information content (AvgIpc) is 3.88. The fraction of sp³-hybridized carbons (Fsp3) is 0.343. The van der Waals surface area contributed by atoms with Gasteiger partial charge in [0.15, 0.2) is 0 Å². The Morgan fingerprint density at radius 1 is 1.13 bits per heavy atom. The quantitative estimate of drug-likeness (QED) is 0.319. The highest BCUT2D eigenvalue weighted by Crippen LogP contribution is 2.49. The van der Waals surface area contributed by atoms with Crippen LogP contribution in [0, 0.1) is 12.7 Å². The average molecular weight is 623 g/mol. The fourth-order valence-electron chi connectivity index (χ4n) is 6.96. The number of aryl methyl sites for hydroxylation is 1. The predicted molar refractivity (Wildman–Crippen MR) is 174 cm³/mol. The van der Waals surface area contributed by atoms with Crippen LogP contribution in [0.2, 0.25) is 0 Å². The molecule has 2 aliphatic heterocycles. The third kappa shape index (κ3) is 4.39. The van der Waals surface area contributed by atoms with E-state index in [9.17, 15) is 19.5 Å². The molecule has 1 saturated heterocycles. The van der Waals surface area contributed by atoms with Gasteiger partial charge in [-0.3, -0.25) is 23.9 Å². The molecule has 2 fully saturated rings. The highest BCUT2D eigenvalue weighted by Gasteiger charge is 2.44. The lowest BCUT2D eigenvalue weighted by molar-refractivity contribution is -0.128. The van der Waals surface area contributed by atoms with Crippen molar-refractivity contribution >= 4 is 34.2 Å². The molecule has 46 heavy (non-hydrogen) atoms. The molecule has 2 amide bonds. The van der Waals surface area contributed by atoms with E-state index in [1.54, 1.807) is 18.1 Å². The van der Waals surface area contributed by atoms with Crippen LogP contribution in [-0.2, 0) is 9.59 Å². The smallest absolute Gasteiger partial charge is 0.283 e. The number of aromatic nitrogens is 3. The van der Waals surface area contributed by atoms with Crippen molar-refractivity contribution in [2.45, 2.75) is 51.5 Å². The molecule has 0 radical (unpaired) electrons. The third-order valence-electron chi connectivity index (χ3n) is 9.40. The summed E-state index contributed by atoms with van der Waals surface area (Å²) in [6, 6.07) is 7.21. The second-order valence-electron chi connectivity index (χ2n) is 12.7. The Labute approximate surface area is 265 Å². The molecule has 0 bridgehead atoms. The summed E-state index contributed by atoms with van der Waals surface area (Å²) >= 11 is 0. The number of hydrogen-bond donors (Lipinski definition) is 1. The van der Waals surface area contributed by atoms with E-state index in [0.29, 0.717) is 35.5 Å². The van der Waals surface area contributed by atoms with Gasteiger partial charge in [-0.2, -0.15) is 0 Å². The topological polar surface area (TPSA) is 112 Å². The van der Waals surface area contributed by atoms with Gasteiger partial charge >= 0.3 is 0 Å². The molecule has 1 saturated carbocycles. The van der Waals surface area contributed by atoms with Crippen LogP contribution in [-0.4, -0.2) is 69.1 Å². The van der Waals surface area contributed by atoms with Gasteiger partial charge in [0.05, 0.1) is 34.9 Å². The van der Waals surface area contributed by atoms with Crippen LogP contribution in [0.15, 0.2) is 54.0 Å². The Hall–Kier alpha value is -5.06. The number of phenols is 1. The summed E-state index contributed by atoms with van der Waals surface area (Å²) in [7, 11) is 1.59. The number of pyridine rings is 3. The molecule has 1 aromatic carbocycles. The number of anilines is 2. The second-order valence-corrected chi connectivity index (χ2v) is 12.7. The van der Waals surface area contributed by atoms with Crippen LogP contribution in [0.3, 0.4) is 0 Å². The van der Waals surface area contributed by atoms with Crippen LogP contribution in [0.4, 0.5) is 15.8 Å². The van der Waals surface area contributed by atoms with Crippen molar-refractivity contribution in [3.63, 3.8) is 0 Å². The minimum Gasteiger partial charge on any atom is -0.507 e. The number of aromatic hydroxyl groups is 1. The van der Waals surface area contributed by atoms with Crippen molar-refractivity contribution in [1.82, 2.24) is 19.4 Å². The monoisotopic (exact) mass is 622 g/mol. The van der Waals surface area contributed by atoms with E-state index in [2.05, 4.69) is 11.6 Å². The van der Waals surface area contributed by atoms with Gasteiger partial charge in [-0.25, -0.2) is 9.37 Å². The van der Waals surface area contributed by atoms with Crippen molar-refractivity contribution in [3.05, 3.63) is 82.2 Å². The number of nitrogens with zero attached hydrogens (tertiary/aromatic N) is 6. The van der Waals surface area contributed by atoms with Crippen LogP contribution in [0.25, 0.3) is 28.0 Å². The molecule has 11 heteroatoms. The van der Waals surface area contributed by atoms with Gasteiger partial charge in [-0.15, -0.1) is 0 Å². The Balaban J connectivity index is 1.62. The summed E-state index contributed by atoms with van der Waals surface area (Å²) in [4.78, 5) is 56.0. The zero-order valence-electron chi connectivity index (χ0n) is 26.2. The fourth-order valence-corrected chi connectivity index (χ4v) is 6.96. The van der Waals surface area contributed by atoms with Gasteiger partial charge < -0.3 is 19.8 Å². The molecule has 5 heterocycles. The highest BCUT2D eigenvalue weighted by atomic mass is 19.1. The maximum absolute atomic E-state index is 15.5. The second kappa shape index (κ2) is 10.8. The van der Waals surface area contributed by atoms with Crippen LogP contribution in [0.1, 0.15) is 55.3 Å². The van der Waals surface area contributed by atoms with E-state index >= 15 is 4.39 Å². The maximum atomic E-state index is 15.5. The molecule has 7 rings (SSSR count). The summed E-state index contributed by atoms with van der Waals surface area (Å²) < 4.78 is 17.0. The summed E-state index contributed by atoms with van der Waals surface area (Å²) in [6.45, 7) is 10.3. The number of benzene rings is 1. The van der Waals surface area contributed by atoms with E-state index in [1.807, 2.05) is 37.8 Å². The number of carbonyl (C=O) groups is 2. The first-order chi connectivity index (χ1) is 22.0. The summed E-state index contributed by atoms with van der Waals surface area (Å²) in [5.74, 6) is -1.39.